The highest BCUT2D eigenvalue weighted by molar-refractivity contribution is 9.10. The van der Waals surface area contributed by atoms with E-state index in [0.717, 1.165) is 10.8 Å². The summed E-state index contributed by atoms with van der Waals surface area (Å²) >= 11 is 3.57. The van der Waals surface area contributed by atoms with Crippen molar-refractivity contribution in [2.24, 2.45) is 0 Å². The lowest BCUT2D eigenvalue weighted by atomic mass is 9.85. The third-order valence-corrected chi connectivity index (χ3v) is 5.45. The molecule has 0 saturated heterocycles. The quantitative estimate of drug-likeness (QED) is 0.590. The first kappa shape index (κ1) is 17.5. The average Bonchev–Trinajstić information content (AvgIpc) is 2.70. The van der Waals surface area contributed by atoms with Gasteiger partial charge in [0.05, 0.1) is 18.7 Å². The molecule has 27 heavy (non-hydrogen) atoms. The maximum Gasteiger partial charge on any atom is 0.194 e. The van der Waals surface area contributed by atoms with E-state index in [1.54, 1.807) is 38.5 Å². The minimum atomic E-state index is -0.221. The van der Waals surface area contributed by atoms with E-state index in [0.29, 0.717) is 32.7 Å². The molecule has 5 heteroatoms. The molecule has 0 aromatic heterocycles. The van der Waals surface area contributed by atoms with Crippen LogP contribution in [0.3, 0.4) is 0 Å². The van der Waals surface area contributed by atoms with Gasteiger partial charge in [0.15, 0.2) is 11.6 Å². The topological polar surface area (TPSA) is 52.6 Å². The minimum Gasteiger partial charge on any atom is -0.495 e. The van der Waals surface area contributed by atoms with Crippen molar-refractivity contribution < 1.29 is 19.1 Å². The van der Waals surface area contributed by atoms with Gasteiger partial charge < -0.3 is 9.47 Å². The van der Waals surface area contributed by atoms with Gasteiger partial charge >= 0.3 is 0 Å². The molecule has 0 bridgehead atoms. The Balaban J connectivity index is 2.07. The number of Topliss-reactive ketones (excluding diaryl/α,β-unsaturated/α-hetero) is 1. The van der Waals surface area contributed by atoms with Gasteiger partial charge in [0.25, 0.3) is 0 Å². The van der Waals surface area contributed by atoms with Crippen LogP contribution in [0.2, 0.25) is 0 Å². The van der Waals surface area contributed by atoms with Gasteiger partial charge in [-0.15, -0.1) is 0 Å². The highest BCUT2D eigenvalue weighted by Crippen LogP contribution is 2.47. The van der Waals surface area contributed by atoms with E-state index in [9.17, 15) is 9.59 Å². The Kier molecular flexibility index (Phi) is 4.32. The van der Waals surface area contributed by atoms with Crippen LogP contribution in [0.4, 0.5) is 0 Å². The van der Waals surface area contributed by atoms with E-state index in [1.165, 1.54) is 6.08 Å². The van der Waals surface area contributed by atoms with E-state index in [2.05, 4.69) is 15.9 Å². The number of hydrogen-bond acceptors (Lipinski definition) is 4. The van der Waals surface area contributed by atoms with Gasteiger partial charge in [-0.1, -0.05) is 48.5 Å². The first-order valence-corrected chi connectivity index (χ1v) is 9.10. The first-order valence-electron chi connectivity index (χ1n) is 8.30. The summed E-state index contributed by atoms with van der Waals surface area (Å²) in [5, 5.41) is 1.65. The number of hydrogen-bond donors (Lipinski definition) is 0. The van der Waals surface area contributed by atoms with Gasteiger partial charge in [0.1, 0.15) is 11.5 Å². The number of ether oxygens (including phenoxy) is 2. The maximum atomic E-state index is 13.2. The zero-order valence-electron chi connectivity index (χ0n) is 14.7. The molecule has 0 spiro atoms. The zero-order chi connectivity index (χ0) is 19.1. The van der Waals surface area contributed by atoms with Crippen LogP contribution >= 0.6 is 15.9 Å². The van der Waals surface area contributed by atoms with Crippen LogP contribution in [0.15, 0.2) is 59.1 Å². The lowest BCUT2D eigenvalue weighted by Crippen LogP contribution is -2.17. The normalized spacial score (nSPS) is 13.4. The highest BCUT2D eigenvalue weighted by Gasteiger charge is 2.31. The Labute approximate surface area is 164 Å². The van der Waals surface area contributed by atoms with Crippen molar-refractivity contribution in [2.75, 3.05) is 14.2 Å². The summed E-state index contributed by atoms with van der Waals surface area (Å²) in [5.41, 5.74) is 1.60. The molecule has 0 atom stereocenters. The molecule has 1 aliphatic rings. The largest absolute Gasteiger partial charge is 0.495 e. The molecule has 4 rings (SSSR count). The van der Waals surface area contributed by atoms with Gasteiger partial charge in [-0.2, -0.15) is 0 Å². The number of allylic oxidation sites excluding steroid dienone is 2. The molecule has 3 aromatic carbocycles. The van der Waals surface area contributed by atoms with Gasteiger partial charge in [-0.25, -0.2) is 0 Å². The van der Waals surface area contributed by atoms with E-state index >= 15 is 0 Å². The number of carbonyl (C=O) groups is 2. The molecule has 0 aliphatic heterocycles. The van der Waals surface area contributed by atoms with Crippen molar-refractivity contribution in [3.63, 3.8) is 0 Å². The first-order chi connectivity index (χ1) is 13.1. The van der Waals surface area contributed by atoms with E-state index in [-0.39, 0.29) is 17.1 Å². The predicted octanol–water partition coefficient (Wildman–Crippen LogP) is 5.08. The monoisotopic (exact) mass is 422 g/mol. The van der Waals surface area contributed by atoms with Gasteiger partial charge in [0.2, 0.25) is 0 Å². The fourth-order valence-electron chi connectivity index (χ4n) is 3.50. The average molecular weight is 423 g/mol. The SMILES string of the molecule is COc1c(Br)c(C2=CC(=O)c3ccccc3C2=O)c(OC)c2ccccc12. The van der Waals surface area contributed by atoms with Crippen LogP contribution in [0, 0.1) is 0 Å². The minimum absolute atomic E-state index is 0.207. The van der Waals surface area contributed by atoms with Gasteiger partial charge in [0, 0.05) is 33.0 Å². The molecule has 0 radical (unpaired) electrons. The fraction of sp³-hybridized carbons (Fsp3) is 0.0909. The van der Waals surface area contributed by atoms with Crippen molar-refractivity contribution in [3.05, 3.63) is 75.8 Å². The number of carbonyl (C=O) groups excluding carboxylic acids is 2. The summed E-state index contributed by atoms with van der Waals surface area (Å²) < 4.78 is 11.8. The molecule has 0 heterocycles. The van der Waals surface area contributed by atoms with Gasteiger partial charge in [-0.3, -0.25) is 9.59 Å². The van der Waals surface area contributed by atoms with Crippen LogP contribution in [0.5, 0.6) is 11.5 Å². The number of ketones is 2. The Bertz CT molecular complexity index is 1140. The summed E-state index contributed by atoms with van der Waals surface area (Å²) in [5.74, 6) is 0.675. The Morgan fingerprint density at radius 1 is 0.778 bits per heavy atom. The summed E-state index contributed by atoms with van der Waals surface area (Å²) in [7, 11) is 3.12. The number of fused-ring (bicyclic) bond motifs is 2. The zero-order valence-corrected chi connectivity index (χ0v) is 16.3. The number of rotatable bonds is 3. The van der Waals surface area contributed by atoms with Crippen LogP contribution in [0.25, 0.3) is 16.3 Å². The summed E-state index contributed by atoms with van der Waals surface area (Å²) in [6.07, 6.45) is 1.38. The van der Waals surface area contributed by atoms with E-state index in [4.69, 9.17) is 9.47 Å². The Morgan fingerprint density at radius 2 is 1.33 bits per heavy atom. The molecule has 0 N–H and O–H groups in total. The van der Waals surface area contributed by atoms with E-state index in [1.807, 2.05) is 24.3 Å². The molecule has 0 unspecified atom stereocenters. The highest BCUT2D eigenvalue weighted by atomic mass is 79.9. The number of methoxy groups -OCH3 is 2. The summed E-state index contributed by atoms with van der Waals surface area (Å²) in [6.45, 7) is 0. The van der Waals surface area contributed by atoms with Crippen molar-refractivity contribution >= 4 is 43.8 Å². The molecule has 3 aromatic rings. The van der Waals surface area contributed by atoms with Crippen molar-refractivity contribution in [1.82, 2.24) is 0 Å². The van der Waals surface area contributed by atoms with Crippen LogP contribution in [-0.4, -0.2) is 25.8 Å². The molecule has 1 aliphatic carbocycles. The standard InChI is InChI=1S/C22H15BrO4/c1-26-21-14-9-5-6-10-15(14)22(27-2)19(23)18(21)16-11-17(24)12-7-3-4-8-13(12)20(16)25/h3-11H,1-2H3. The lowest BCUT2D eigenvalue weighted by molar-refractivity contribution is 0.100. The van der Waals surface area contributed by atoms with Crippen molar-refractivity contribution in [1.29, 1.82) is 0 Å². The van der Waals surface area contributed by atoms with Gasteiger partial charge in [-0.05, 0) is 22.0 Å². The Morgan fingerprint density at radius 3 is 1.96 bits per heavy atom. The predicted molar refractivity (Wildman–Crippen MR) is 108 cm³/mol. The Hall–Kier alpha value is -2.92. The number of benzene rings is 3. The molecule has 0 amide bonds. The molecular formula is C22H15BrO4. The van der Waals surface area contributed by atoms with Crippen LogP contribution in [0.1, 0.15) is 26.3 Å². The van der Waals surface area contributed by atoms with Crippen LogP contribution in [-0.2, 0) is 0 Å². The summed E-state index contributed by atoms with van der Waals surface area (Å²) in [4.78, 5) is 25.8. The fourth-order valence-corrected chi connectivity index (χ4v) is 4.27. The lowest BCUT2D eigenvalue weighted by Gasteiger charge is -2.21. The third-order valence-electron chi connectivity index (χ3n) is 4.70. The molecule has 0 saturated carbocycles. The van der Waals surface area contributed by atoms with E-state index < -0.39 is 0 Å². The van der Waals surface area contributed by atoms with Crippen LogP contribution < -0.4 is 9.47 Å². The smallest absolute Gasteiger partial charge is 0.194 e. The molecular weight excluding hydrogens is 408 g/mol. The van der Waals surface area contributed by atoms with Crippen molar-refractivity contribution in [3.8, 4) is 11.5 Å². The maximum absolute atomic E-state index is 13.2. The third kappa shape index (κ3) is 2.58. The second kappa shape index (κ2) is 6.67. The molecule has 4 nitrogen and oxygen atoms in total. The second-order valence-electron chi connectivity index (χ2n) is 6.10. The molecule has 0 fully saturated rings. The number of halogens is 1. The second-order valence-corrected chi connectivity index (χ2v) is 6.89. The molecule has 134 valence electrons. The van der Waals surface area contributed by atoms with Crippen molar-refractivity contribution in [2.45, 2.75) is 0 Å². The summed E-state index contributed by atoms with van der Waals surface area (Å²) in [6, 6.07) is 14.4.